The van der Waals surface area contributed by atoms with E-state index in [9.17, 15) is 13.2 Å². The van der Waals surface area contributed by atoms with Crippen molar-refractivity contribution in [1.82, 2.24) is 15.0 Å². The summed E-state index contributed by atoms with van der Waals surface area (Å²) in [5, 5.41) is 4.20. The van der Waals surface area contributed by atoms with Gasteiger partial charge < -0.3 is 23.5 Å². The number of piperidine rings is 1. The molecule has 0 spiro atoms. The van der Waals surface area contributed by atoms with Crippen LogP contribution in [0.2, 0.25) is 0 Å². The SMILES string of the molecule is COC(=O)C=Cc1ccc(OCc2nc(C3CCN(Cc4ccc(OC)c(OCCCS(C)(=O)=O)c4)CC3)no2)cc1. The van der Waals surface area contributed by atoms with Crippen molar-refractivity contribution in [2.45, 2.75) is 38.3 Å². The first-order chi connectivity index (χ1) is 20.2. The molecule has 0 aliphatic carbocycles. The highest BCUT2D eigenvalue weighted by Crippen LogP contribution is 2.31. The van der Waals surface area contributed by atoms with Crippen LogP contribution >= 0.6 is 0 Å². The van der Waals surface area contributed by atoms with Crippen molar-refractivity contribution < 1.29 is 36.7 Å². The molecular formula is C30H37N3O8S. The first-order valence-electron chi connectivity index (χ1n) is 13.7. The number of hydrogen-bond acceptors (Lipinski definition) is 11. The lowest BCUT2D eigenvalue weighted by molar-refractivity contribution is -0.134. The summed E-state index contributed by atoms with van der Waals surface area (Å²) in [6.07, 6.45) is 6.49. The molecule has 2 aromatic carbocycles. The van der Waals surface area contributed by atoms with Crippen molar-refractivity contribution in [3.8, 4) is 17.2 Å². The summed E-state index contributed by atoms with van der Waals surface area (Å²) < 4.78 is 49.8. The van der Waals surface area contributed by atoms with Crippen molar-refractivity contribution in [1.29, 1.82) is 0 Å². The molecule has 0 N–H and O–H groups in total. The van der Waals surface area contributed by atoms with Gasteiger partial charge in [-0.15, -0.1) is 0 Å². The molecule has 3 aromatic rings. The minimum atomic E-state index is -3.02. The summed E-state index contributed by atoms with van der Waals surface area (Å²) in [7, 11) is -0.0939. The summed E-state index contributed by atoms with van der Waals surface area (Å²) >= 11 is 0. The van der Waals surface area contributed by atoms with E-state index in [4.69, 9.17) is 18.7 Å². The fourth-order valence-electron chi connectivity index (χ4n) is 4.59. The lowest BCUT2D eigenvalue weighted by Crippen LogP contribution is -2.32. The predicted molar refractivity (Wildman–Crippen MR) is 156 cm³/mol. The monoisotopic (exact) mass is 599 g/mol. The Labute approximate surface area is 246 Å². The van der Waals surface area contributed by atoms with E-state index in [2.05, 4.69) is 19.8 Å². The third-order valence-corrected chi connectivity index (χ3v) is 7.87. The lowest BCUT2D eigenvalue weighted by Gasteiger charge is -2.30. The highest BCUT2D eigenvalue weighted by atomic mass is 32.2. The summed E-state index contributed by atoms with van der Waals surface area (Å²) in [6, 6.07) is 13.2. The summed E-state index contributed by atoms with van der Waals surface area (Å²) in [6.45, 7) is 3.01. The van der Waals surface area contributed by atoms with E-state index < -0.39 is 15.8 Å². The average Bonchev–Trinajstić information content (AvgIpc) is 3.47. The van der Waals surface area contributed by atoms with Crippen LogP contribution in [0.25, 0.3) is 6.08 Å². The van der Waals surface area contributed by atoms with Crippen molar-refractivity contribution in [3.63, 3.8) is 0 Å². The minimum absolute atomic E-state index is 0.0888. The number of esters is 1. The van der Waals surface area contributed by atoms with Crippen LogP contribution in [0, 0.1) is 0 Å². The minimum Gasteiger partial charge on any atom is -0.493 e. The summed E-state index contributed by atoms with van der Waals surface area (Å²) in [4.78, 5) is 18.2. The molecule has 0 atom stereocenters. The quantitative estimate of drug-likeness (QED) is 0.151. The third kappa shape index (κ3) is 9.59. The molecule has 0 saturated carbocycles. The molecule has 1 aliphatic rings. The molecule has 1 fully saturated rings. The molecule has 1 aliphatic heterocycles. The number of carbonyl (C=O) groups excluding carboxylic acids is 1. The van der Waals surface area contributed by atoms with Crippen LogP contribution in [0.5, 0.6) is 17.2 Å². The Morgan fingerprint density at radius 2 is 1.83 bits per heavy atom. The average molecular weight is 600 g/mol. The van der Waals surface area contributed by atoms with Gasteiger partial charge in [0.25, 0.3) is 5.89 Å². The van der Waals surface area contributed by atoms with E-state index >= 15 is 0 Å². The number of aromatic nitrogens is 2. The van der Waals surface area contributed by atoms with Gasteiger partial charge in [0.1, 0.15) is 15.6 Å². The Bertz CT molecular complexity index is 1450. The molecule has 11 nitrogen and oxygen atoms in total. The molecule has 4 rings (SSSR count). The van der Waals surface area contributed by atoms with Gasteiger partial charge in [0.05, 0.1) is 26.6 Å². The van der Waals surface area contributed by atoms with Crippen molar-refractivity contribution in [3.05, 3.63) is 71.4 Å². The Morgan fingerprint density at radius 1 is 1.07 bits per heavy atom. The zero-order valence-corrected chi connectivity index (χ0v) is 25.0. The number of carbonyl (C=O) groups is 1. The molecule has 1 saturated heterocycles. The molecule has 42 heavy (non-hydrogen) atoms. The highest BCUT2D eigenvalue weighted by Gasteiger charge is 2.25. The van der Waals surface area contributed by atoms with Crippen LogP contribution in [-0.2, 0) is 32.5 Å². The number of hydrogen-bond donors (Lipinski definition) is 0. The zero-order chi connectivity index (χ0) is 30.0. The van der Waals surface area contributed by atoms with Gasteiger partial charge in [-0.3, -0.25) is 4.90 Å². The largest absolute Gasteiger partial charge is 0.493 e. The Hall–Kier alpha value is -3.90. The van der Waals surface area contributed by atoms with Crippen LogP contribution in [-0.4, -0.2) is 75.4 Å². The number of benzene rings is 2. The molecule has 0 unspecified atom stereocenters. The first-order valence-corrected chi connectivity index (χ1v) is 15.8. The fraction of sp³-hybridized carbons (Fsp3) is 0.433. The number of ether oxygens (including phenoxy) is 4. The third-order valence-electron chi connectivity index (χ3n) is 6.84. The number of nitrogens with zero attached hydrogens (tertiary/aromatic N) is 3. The molecule has 2 heterocycles. The van der Waals surface area contributed by atoms with Crippen LogP contribution < -0.4 is 14.2 Å². The molecule has 12 heteroatoms. The number of sulfone groups is 1. The van der Waals surface area contributed by atoms with E-state index in [0.717, 1.165) is 43.6 Å². The summed E-state index contributed by atoms with van der Waals surface area (Å²) in [5.74, 6) is 2.90. The van der Waals surface area contributed by atoms with Gasteiger partial charge in [0, 0.05) is 24.8 Å². The maximum Gasteiger partial charge on any atom is 0.330 e. The van der Waals surface area contributed by atoms with E-state index in [1.165, 1.54) is 19.4 Å². The number of rotatable bonds is 14. The Morgan fingerprint density at radius 3 is 2.52 bits per heavy atom. The zero-order valence-electron chi connectivity index (χ0n) is 24.2. The molecule has 0 bridgehead atoms. The lowest BCUT2D eigenvalue weighted by atomic mass is 9.96. The first kappa shape index (κ1) is 31.0. The van der Waals surface area contributed by atoms with Gasteiger partial charge in [0.2, 0.25) is 0 Å². The van der Waals surface area contributed by atoms with Crippen molar-refractivity contribution in [2.75, 3.05) is 45.9 Å². The van der Waals surface area contributed by atoms with Crippen LogP contribution in [0.1, 0.15) is 48.0 Å². The highest BCUT2D eigenvalue weighted by molar-refractivity contribution is 7.90. The van der Waals surface area contributed by atoms with Crippen molar-refractivity contribution in [2.24, 2.45) is 0 Å². The predicted octanol–water partition coefficient (Wildman–Crippen LogP) is 4.04. The standard InChI is InChI=1S/C30H37N3O8S/c1-37-26-11-7-23(19-27(26)39-17-4-18-42(3,35)36)20-33-15-13-24(14-16-33)30-31-28(41-32-30)21-40-25-9-5-22(6-10-25)8-12-29(34)38-2/h5-12,19,24H,4,13-18,20-21H2,1-3H3. The smallest absolute Gasteiger partial charge is 0.330 e. The fourth-order valence-corrected chi connectivity index (χ4v) is 5.23. The normalized spacial score (nSPS) is 14.6. The molecular weight excluding hydrogens is 562 g/mol. The van der Waals surface area contributed by atoms with Crippen LogP contribution in [0.3, 0.4) is 0 Å². The molecule has 1 aromatic heterocycles. The van der Waals surface area contributed by atoms with Gasteiger partial charge in [-0.2, -0.15) is 4.98 Å². The van der Waals surface area contributed by atoms with Gasteiger partial charge in [0.15, 0.2) is 23.9 Å². The van der Waals surface area contributed by atoms with Gasteiger partial charge in [-0.25, -0.2) is 13.2 Å². The van der Waals surface area contributed by atoms with E-state index in [0.29, 0.717) is 42.0 Å². The second-order valence-electron chi connectivity index (χ2n) is 10.1. The van der Waals surface area contributed by atoms with E-state index in [1.807, 2.05) is 30.3 Å². The Kier molecular flexibility index (Phi) is 11.0. The van der Waals surface area contributed by atoms with E-state index in [1.54, 1.807) is 25.3 Å². The number of methoxy groups -OCH3 is 2. The topological polar surface area (TPSA) is 130 Å². The van der Waals surface area contributed by atoms with E-state index in [-0.39, 0.29) is 18.3 Å². The van der Waals surface area contributed by atoms with Gasteiger partial charge in [-0.1, -0.05) is 23.4 Å². The van der Waals surface area contributed by atoms with Gasteiger partial charge >= 0.3 is 5.97 Å². The molecule has 226 valence electrons. The molecule has 0 amide bonds. The number of likely N-dealkylation sites (tertiary alicyclic amines) is 1. The molecule has 0 radical (unpaired) electrons. The maximum absolute atomic E-state index is 11.4. The second-order valence-corrected chi connectivity index (χ2v) is 12.4. The Balaban J connectivity index is 1.23. The van der Waals surface area contributed by atoms with Crippen molar-refractivity contribution >= 4 is 21.9 Å². The van der Waals surface area contributed by atoms with Gasteiger partial charge in [-0.05, 0) is 73.8 Å². The summed E-state index contributed by atoms with van der Waals surface area (Å²) in [5.41, 5.74) is 1.95. The van der Waals surface area contributed by atoms with Crippen LogP contribution in [0.4, 0.5) is 0 Å². The van der Waals surface area contributed by atoms with Crippen LogP contribution in [0.15, 0.2) is 53.1 Å². The maximum atomic E-state index is 11.4. The second kappa shape index (κ2) is 14.8.